The summed E-state index contributed by atoms with van der Waals surface area (Å²) < 4.78 is 0. The molecule has 0 aromatic heterocycles. The van der Waals surface area contributed by atoms with Crippen LogP contribution in [0.25, 0.3) is 0 Å². The Bertz CT molecular complexity index is 858. The van der Waals surface area contributed by atoms with Gasteiger partial charge in [-0.25, -0.2) is 0 Å². The van der Waals surface area contributed by atoms with Crippen molar-refractivity contribution < 1.29 is 14.4 Å². The molecular formula is C23H30N4O3. The number of amides is 3. The molecule has 5 atom stereocenters. The number of nitrogens with one attached hydrogen (secondary N) is 2. The van der Waals surface area contributed by atoms with E-state index in [1.807, 2.05) is 18.0 Å². The molecule has 3 amide bonds. The van der Waals surface area contributed by atoms with Crippen molar-refractivity contribution in [3.05, 3.63) is 35.4 Å². The molecule has 3 saturated heterocycles. The Kier molecular flexibility index (Phi) is 5.01. The quantitative estimate of drug-likeness (QED) is 0.773. The molecule has 1 aromatic rings. The fraction of sp³-hybridized carbons (Fsp3) is 0.609. The molecule has 30 heavy (non-hydrogen) atoms. The zero-order valence-electron chi connectivity index (χ0n) is 17.5. The minimum absolute atomic E-state index is 0.0268. The van der Waals surface area contributed by atoms with E-state index in [-0.39, 0.29) is 47.8 Å². The summed E-state index contributed by atoms with van der Waals surface area (Å²) in [6.07, 6.45) is 4.67. The summed E-state index contributed by atoms with van der Waals surface area (Å²) in [5.74, 6) is -0.0280. The molecule has 4 aliphatic rings. The van der Waals surface area contributed by atoms with Crippen LogP contribution < -0.4 is 10.6 Å². The highest BCUT2D eigenvalue weighted by molar-refractivity contribution is 5.89. The molecule has 2 bridgehead atoms. The van der Waals surface area contributed by atoms with Gasteiger partial charge in [-0.2, -0.15) is 0 Å². The molecule has 160 valence electrons. The monoisotopic (exact) mass is 410 g/mol. The predicted molar refractivity (Wildman–Crippen MR) is 111 cm³/mol. The van der Waals surface area contributed by atoms with Crippen molar-refractivity contribution in [3.63, 3.8) is 0 Å². The van der Waals surface area contributed by atoms with Gasteiger partial charge in [-0.05, 0) is 50.3 Å². The third kappa shape index (κ3) is 3.49. The van der Waals surface area contributed by atoms with E-state index in [0.29, 0.717) is 13.0 Å². The average molecular weight is 411 g/mol. The van der Waals surface area contributed by atoms with Gasteiger partial charge in [0.05, 0.1) is 12.0 Å². The van der Waals surface area contributed by atoms with Crippen LogP contribution in [0.3, 0.4) is 0 Å². The normalized spacial score (nSPS) is 33.2. The van der Waals surface area contributed by atoms with E-state index in [4.69, 9.17) is 0 Å². The van der Waals surface area contributed by atoms with Crippen molar-refractivity contribution in [3.8, 4) is 0 Å². The van der Waals surface area contributed by atoms with Crippen molar-refractivity contribution in [1.82, 2.24) is 20.4 Å². The summed E-state index contributed by atoms with van der Waals surface area (Å²) in [7, 11) is 2.02. The van der Waals surface area contributed by atoms with Crippen LogP contribution in [0, 0.1) is 5.92 Å². The van der Waals surface area contributed by atoms with Crippen molar-refractivity contribution in [2.24, 2.45) is 5.92 Å². The first kappa shape index (κ1) is 19.5. The standard InChI is InChI=1S/C23H30N4O3/c1-26-13-15-5-3-2-4-14(15)8-20(26)22(29)25-17-10-18-6-7-19(11-17)27(18)23(30)16-9-21(28)24-12-16/h2-5,16-20H,6-13H2,1H3,(H,24,28)(H,25,29)/t16?,17?,18-,19+,20?. The molecule has 0 aliphatic carbocycles. The summed E-state index contributed by atoms with van der Waals surface area (Å²) in [6.45, 7) is 1.25. The Balaban J connectivity index is 1.21. The van der Waals surface area contributed by atoms with Gasteiger partial charge in [0, 0.05) is 37.6 Å². The van der Waals surface area contributed by atoms with Gasteiger partial charge in [0.15, 0.2) is 0 Å². The van der Waals surface area contributed by atoms with Gasteiger partial charge in [0.1, 0.15) is 0 Å². The largest absolute Gasteiger partial charge is 0.355 e. The van der Waals surface area contributed by atoms with Crippen LogP contribution in [0.4, 0.5) is 0 Å². The van der Waals surface area contributed by atoms with E-state index in [2.05, 4.69) is 33.7 Å². The topological polar surface area (TPSA) is 81.8 Å². The molecule has 0 spiro atoms. The van der Waals surface area contributed by atoms with E-state index < -0.39 is 0 Å². The van der Waals surface area contributed by atoms with E-state index in [0.717, 1.165) is 38.6 Å². The summed E-state index contributed by atoms with van der Waals surface area (Å²) in [4.78, 5) is 41.8. The number of hydrogen-bond acceptors (Lipinski definition) is 4. The van der Waals surface area contributed by atoms with Gasteiger partial charge in [0.2, 0.25) is 17.7 Å². The van der Waals surface area contributed by atoms with Crippen LogP contribution in [-0.2, 0) is 27.3 Å². The van der Waals surface area contributed by atoms with Gasteiger partial charge in [-0.15, -0.1) is 0 Å². The Morgan fingerprint density at radius 1 is 1.07 bits per heavy atom. The SMILES string of the molecule is CN1Cc2ccccc2CC1C(=O)NC1C[C@H]2CC[C@@H](C1)N2C(=O)C1CNC(=O)C1. The van der Waals surface area contributed by atoms with Gasteiger partial charge in [-0.1, -0.05) is 24.3 Å². The first-order valence-corrected chi connectivity index (χ1v) is 11.2. The molecule has 7 nitrogen and oxygen atoms in total. The number of carbonyl (C=O) groups excluding carboxylic acids is 3. The zero-order valence-corrected chi connectivity index (χ0v) is 17.5. The van der Waals surface area contributed by atoms with E-state index in [1.165, 1.54) is 11.1 Å². The number of likely N-dealkylation sites (N-methyl/N-ethyl adjacent to an activating group) is 1. The highest BCUT2D eigenvalue weighted by Crippen LogP contribution is 2.37. The summed E-state index contributed by atoms with van der Waals surface area (Å²) in [6, 6.07) is 8.68. The van der Waals surface area contributed by atoms with Crippen LogP contribution >= 0.6 is 0 Å². The number of nitrogens with zero attached hydrogens (tertiary/aromatic N) is 2. The van der Waals surface area contributed by atoms with Crippen molar-refractivity contribution in [1.29, 1.82) is 0 Å². The molecule has 4 aliphatic heterocycles. The maximum Gasteiger partial charge on any atom is 0.237 e. The van der Waals surface area contributed by atoms with Crippen LogP contribution in [0.5, 0.6) is 0 Å². The Labute approximate surface area is 177 Å². The highest BCUT2D eigenvalue weighted by atomic mass is 16.2. The van der Waals surface area contributed by atoms with Gasteiger partial charge in [0.25, 0.3) is 0 Å². The third-order valence-corrected chi connectivity index (χ3v) is 7.45. The van der Waals surface area contributed by atoms with Crippen molar-refractivity contribution >= 4 is 17.7 Å². The number of carbonyl (C=O) groups is 3. The van der Waals surface area contributed by atoms with E-state index in [1.54, 1.807) is 0 Å². The molecule has 2 N–H and O–H groups in total. The maximum atomic E-state index is 13.1. The van der Waals surface area contributed by atoms with E-state index >= 15 is 0 Å². The lowest BCUT2D eigenvalue weighted by Gasteiger charge is -2.41. The molecule has 7 heteroatoms. The van der Waals surface area contributed by atoms with Gasteiger partial charge >= 0.3 is 0 Å². The fourth-order valence-corrected chi connectivity index (χ4v) is 5.89. The minimum atomic E-state index is -0.220. The second kappa shape index (κ2) is 7.69. The smallest absolute Gasteiger partial charge is 0.237 e. The second-order valence-electron chi connectivity index (χ2n) is 9.42. The number of fused-ring (bicyclic) bond motifs is 3. The predicted octanol–water partition coefficient (Wildman–Crippen LogP) is 0.817. The Morgan fingerprint density at radius 2 is 1.77 bits per heavy atom. The molecule has 0 saturated carbocycles. The molecule has 3 unspecified atom stereocenters. The molecule has 4 heterocycles. The first-order valence-electron chi connectivity index (χ1n) is 11.2. The number of piperidine rings is 1. The van der Waals surface area contributed by atoms with Gasteiger partial charge < -0.3 is 15.5 Å². The summed E-state index contributed by atoms with van der Waals surface area (Å²) in [5, 5.41) is 6.08. The molecular weight excluding hydrogens is 380 g/mol. The first-order chi connectivity index (χ1) is 14.5. The Hall–Kier alpha value is -2.41. The lowest BCUT2D eigenvalue weighted by atomic mass is 9.92. The van der Waals surface area contributed by atoms with Crippen LogP contribution in [-0.4, -0.2) is 65.3 Å². The second-order valence-corrected chi connectivity index (χ2v) is 9.42. The number of benzene rings is 1. The van der Waals surface area contributed by atoms with Crippen LogP contribution in [0.2, 0.25) is 0 Å². The lowest BCUT2D eigenvalue weighted by molar-refractivity contribution is -0.140. The molecule has 5 rings (SSSR count). The maximum absolute atomic E-state index is 13.1. The number of hydrogen-bond donors (Lipinski definition) is 2. The number of rotatable bonds is 3. The molecule has 1 aromatic carbocycles. The van der Waals surface area contributed by atoms with Crippen molar-refractivity contribution in [2.75, 3.05) is 13.6 Å². The fourth-order valence-electron chi connectivity index (χ4n) is 5.89. The highest BCUT2D eigenvalue weighted by Gasteiger charge is 2.46. The summed E-state index contributed by atoms with van der Waals surface area (Å²) >= 11 is 0. The zero-order chi connectivity index (χ0) is 20.8. The van der Waals surface area contributed by atoms with Gasteiger partial charge in [-0.3, -0.25) is 19.3 Å². The minimum Gasteiger partial charge on any atom is -0.355 e. The van der Waals surface area contributed by atoms with E-state index in [9.17, 15) is 14.4 Å². The third-order valence-electron chi connectivity index (χ3n) is 7.45. The molecule has 0 radical (unpaired) electrons. The molecule has 3 fully saturated rings. The Morgan fingerprint density at radius 3 is 2.43 bits per heavy atom. The average Bonchev–Trinajstić information content (AvgIpc) is 3.27. The van der Waals surface area contributed by atoms with Crippen molar-refractivity contribution in [2.45, 2.75) is 69.2 Å². The van der Waals surface area contributed by atoms with Crippen LogP contribution in [0.15, 0.2) is 24.3 Å². The lowest BCUT2D eigenvalue weighted by Crippen LogP contribution is -2.57. The van der Waals surface area contributed by atoms with Crippen LogP contribution in [0.1, 0.15) is 43.2 Å². The summed E-state index contributed by atoms with van der Waals surface area (Å²) in [5.41, 5.74) is 2.56.